The topological polar surface area (TPSA) is 114 Å². The molecule has 0 saturated heterocycles. The van der Waals surface area contributed by atoms with E-state index in [1.54, 1.807) is 12.1 Å². The second kappa shape index (κ2) is 7.87. The van der Waals surface area contributed by atoms with Crippen LogP contribution >= 0.6 is 15.9 Å². The minimum absolute atomic E-state index is 0.0620. The summed E-state index contributed by atoms with van der Waals surface area (Å²) in [5.74, 6) is -1.86. The Balaban J connectivity index is 2.04. The Morgan fingerprint density at radius 2 is 2.03 bits per heavy atom. The van der Waals surface area contributed by atoms with Gasteiger partial charge in [-0.1, -0.05) is 6.92 Å². The van der Waals surface area contributed by atoms with Gasteiger partial charge in [-0.25, -0.2) is 17.7 Å². The Bertz CT molecular complexity index is 1240. The number of aromatic carboxylic acids is 1. The highest BCUT2D eigenvalue weighted by Crippen LogP contribution is 2.31. The fourth-order valence-corrected chi connectivity index (χ4v) is 4.21. The number of carbonyl (C=O) groups is 1. The summed E-state index contributed by atoms with van der Waals surface area (Å²) >= 11 is 3.26. The molecule has 13 heteroatoms. The maximum atomic E-state index is 12.9. The normalized spacial score (nSPS) is 12.3. The molecular formula is C17H14BrF3N4O4S. The van der Waals surface area contributed by atoms with Crippen molar-refractivity contribution in [3.05, 3.63) is 51.9 Å². The summed E-state index contributed by atoms with van der Waals surface area (Å²) in [7, 11) is -3.73. The van der Waals surface area contributed by atoms with Gasteiger partial charge in [0.1, 0.15) is 4.90 Å². The van der Waals surface area contributed by atoms with E-state index in [9.17, 15) is 31.5 Å². The molecule has 0 aromatic carbocycles. The SMILES string of the molecule is CCS(=O)(=O)c1c(NCc2ncc(C(F)(F)F)cc2C(=O)O)nn2cc(Br)ccc12. The third-order valence-electron chi connectivity index (χ3n) is 4.19. The van der Waals surface area contributed by atoms with Gasteiger partial charge in [0.2, 0.25) is 0 Å². The van der Waals surface area contributed by atoms with Gasteiger partial charge in [-0.3, -0.25) is 4.98 Å². The second-order valence-corrected chi connectivity index (χ2v) is 9.26. The Hall–Kier alpha value is -2.67. The predicted molar refractivity (Wildman–Crippen MR) is 104 cm³/mol. The van der Waals surface area contributed by atoms with E-state index < -0.39 is 33.1 Å². The lowest BCUT2D eigenvalue weighted by Gasteiger charge is -2.11. The lowest BCUT2D eigenvalue weighted by atomic mass is 10.1. The molecule has 8 nitrogen and oxygen atoms in total. The number of alkyl halides is 3. The number of hydrogen-bond donors (Lipinski definition) is 2. The van der Waals surface area contributed by atoms with Crippen molar-refractivity contribution >= 4 is 43.1 Å². The molecule has 3 heterocycles. The van der Waals surface area contributed by atoms with Crippen LogP contribution in [0.25, 0.3) is 5.52 Å². The average molecular weight is 507 g/mol. The molecule has 0 radical (unpaired) electrons. The van der Waals surface area contributed by atoms with E-state index in [4.69, 9.17) is 0 Å². The molecule has 0 fully saturated rings. The lowest BCUT2D eigenvalue weighted by molar-refractivity contribution is -0.137. The van der Waals surface area contributed by atoms with Crippen LogP contribution in [0.4, 0.5) is 19.0 Å². The molecule has 0 amide bonds. The highest BCUT2D eigenvalue weighted by Gasteiger charge is 2.32. The van der Waals surface area contributed by atoms with E-state index in [-0.39, 0.29) is 28.7 Å². The van der Waals surface area contributed by atoms with Crippen molar-refractivity contribution in [3.63, 3.8) is 0 Å². The number of fused-ring (bicyclic) bond motifs is 1. The number of rotatable bonds is 6. The van der Waals surface area contributed by atoms with E-state index in [0.29, 0.717) is 22.3 Å². The Labute approximate surface area is 176 Å². The molecule has 0 atom stereocenters. The van der Waals surface area contributed by atoms with Gasteiger partial charge in [0.25, 0.3) is 0 Å². The van der Waals surface area contributed by atoms with Crippen LogP contribution in [0.15, 0.2) is 40.0 Å². The Kier molecular flexibility index (Phi) is 5.78. The number of nitrogens with one attached hydrogen (secondary N) is 1. The third kappa shape index (κ3) is 4.26. The molecule has 0 unspecified atom stereocenters. The van der Waals surface area contributed by atoms with Crippen molar-refractivity contribution in [3.8, 4) is 0 Å². The van der Waals surface area contributed by atoms with Crippen molar-refractivity contribution < 1.29 is 31.5 Å². The average Bonchev–Trinajstić information content (AvgIpc) is 3.03. The number of hydrogen-bond acceptors (Lipinski definition) is 6. The van der Waals surface area contributed by atoms with Crippen molar-refractivity contribution in [1.29, 1.82) is 0 Å². The zero-order valence-corrected chi connectivity index (χ0v) is 17.6. The van der Waals surface area contributed by atoms with Crippen molar-refractivity contribution in [2.75, 3.05) is 11.1 Å². The van der Waals surface area contributed by atoms with E-state index in [0.717, 1.165) is 0 Å². The molecule has 0 spiro atoms. The van der Waals surface area contributed by atoms with Crippen molar-refractivity contribution in [2.24, 2.45) is 0 Å². The molecule has 0 aliphatic carbocycles. The first kappa shape index (κ1) is 22.0. The maximum absolute atomic E-state index is 12.9. The van der Waals surface area contributed by atoms with Gasteiger partial charge in [-0.05, 0) is 34.1 Å². The van der Waals surface area contributed by atoms with Crippen LogP contribution < -0.4 is 5.32 Å². The van der Waals surface area contributed by atoms with Gasteiger partial charge in [0.15, 0.2) is 15.7 Å². The van der Waals surface area contributed by atoms with E-state index >= 15 is 0 Å². The summed E-state index contributed by atoms with van der Waals surface area (Å²) in [5, 5.41) is 16.1. The van der Waals surface area contributed by atoms with Crippen LogP contribution in [-0.2, 0) is 22.6 Å². The summed E-state index contributed by atoms with van der Waals surface area (Å²) in [6.07, 6.45) is -2.69. The number of carboxylic acid groups (broad SMARTS) is 1. The minimum atomic E-state index is -4.75. The smallest absolute Gasteiger partial charge is 0.417 e. The molecule has 0 bridgehead atoms. The van der Waals surface area contributed by atoms with Gasteiger partial charge in [0.05, 0.1) is 34.6 Å². The van der Waals surface area contributed by atoms with Crippen LogP contribution in [0.3, 0.4) is 0 Å². The standard InChI is InChI=1S/C17H14BrF3N4O4S/c1-2-30(28,29)14-13-4-3-10(18)8-25(13)24-15(14)23-7-12-11(16(26)27)5-9(6-22-12)17(19,20)21/h3-6,8H,2,7H2,1H3,(H,23,24)(H,26,27). The van der Waals surface area contributed by atoms with E-state index in [1.807, 2.05) is 0 Å². The molecule has 3 aromatic rings. The lowest BCUT2D eigenvalue weighted by Crippen LogP contribution is -2.15. The molecule has 160 valence electrons. The summed E-state index contributed by atoms with van der Waals surface area (Å²) in [5.41, 5.74) is -1.76. The second-order valence-electron chi connectivity index (χ2n) is 6.13. The number of carboxylic acids is 1. The van der Waals surface area contributed by atoms with Gasteiger partial charge in [-0.15, -0.1) is 5.10 Å². The maximum Gasteiger partial charge on any atom is 0.417 e. The van der Waals surface area contributed by atoms with Gasteiger partial charge in [0, 0.05) is 16.9 Å². The van der Waals surface area contributed by atoms with Crippen molar-refractivity contribution in [1.82, 2.24) is 14.6 Å². The van der Waals surface area contributed by atoms with Crippen LogP contribution in [-0.4, -0.2) is 39.8 Å². The Morgan fingerprint density at radius 3 is 2.63 bits per heavy atom. The van der Waals surface area contributed by atoms with Crippen LogP contribution in [0.1, 0.15) is 28.5 Å². The zero-order chi connectivity index (χ0) is 22.3. The van der Waals surface area contributed by atoms with E-state index in [2.05, 4.69) is 31.3 Å². The number of pyridine rings is 2. The number of anilines is 1. The highest BCUT2D eigenvalue weighted by atomic mass is 79.9. The van der Waals surface area contributed by atoms with Gasteiger partial charge in [-0.2, -0.15) is 13.2 Å². The monoisotopic (exact) mass is 506 g/mol. The molecular weight excluding hydrogens is 493 g/mol. The number of aromatic nitrogens is 3. The predicted octanol–water partition coefficient (Wildman–Crippen LogP) is 3.61. The molecule has 0 aliphatic rings. The van der Waals surface area contributed by atoms with Crippen LogP contribution in [0, 0.1) is 0 Å². The number of nitrogens with zero attached hydrogens (tertiary/aromatic N) is 3. The fraction of sp³-hybridized carbons (Fsp3) is 0.235. The first-order chi connectivity index (χ1) is 13.9. The summed E-state index contributed by atoms with van der Waals surface area (Å²) in [6, 6.07) is 3.66. The highest BCUT2D eigenvalue weighted by molar-refractivity contribution is 9.10. The quantitative estimate of drug-likeness (QED) is 0.524. The first-order valence-electron chi connectivity index (χ1n) is 8.38. The molecule has 3 aromatic heterocycles. The number of sulfone groups is 1. The largest absolute Gasteiger partial charge is 0.478 e. The van der Waals surface area contributed by atoms with Crippen molar-refractivity contribution in [2.45, 2.75) is 24.5 Å². The van der Waals surface area contributed by atoms with Crippen LogP contribution in [0.5, 0.6) is 0 Å². The minimum Gasteiger partial charge on any atom is -0.478 e. The number of halogens is 4. The summed E-state index contributed by atoms with van der Waals surface area (Å²) < 4.78 is 65.7. The van der Waals surface area contributed by atoms with E-state index in [1.165, 1.54) is 17.6 Å². The van der Waals surface area contributed by atoms with Gasteiger partial charge >= 0.3 is 12.1 Å². The molecule has 0 saturated carbocycles. The fourth-order valence-electron chi connectivity index (χ4n) is 2.71. The molecule has 30 heavy (non-hydrogen) atoms. The first-order valence-corrected chi connectivity index (χ1v) is 10.8. The third-order valence-corrected chi connectivity index (χ3v) is 6.44. The zero-order valence-electron chi connectivity index (χ0n) is 15.2. The van der Waals surface area contributed by atoms with Crippen LogP contribution in [0.2, 0.25) is 0 Å². The van der Waals surface area contributed by atoms with Gasteiger partial charge < -0.3 is 10.4 Å². The molecule has 2 N–H and O–H groups in total. The summed E-state index contributed by atoms with van der Waals surface area (Å²) in [6.45, 7) is 1.11. The molecule has 3 rings (SSSR count). The Morgan fingerprint density at radius 1 is 1.33 bits per heavy atom. The summed E-state index contributed by atoms with van der Waals surface area (Å²) in [4.78, 5) is 14.9. The molecule has 0 aliphatic heterocycles.